The van der Waals surface area contributed by atoms with E-state index in [9.17, 15) is 4.79 Å². The maximum atomic E-state index is 12.3. The van der Waals surface area contributed by atoms with Crippen molar-refractivity contribution in [1.29, 1.82) is 0 Å². The zero-order valence-electron chi connectivity index (χ0n) is 16.7. The first-order chi connectivity index (χ1) is 14.5. The minimum atomic E-state index is -0.239. The Morgan fingerprint density at radius 3 is 2.60 bits per heavy atom. The van der Waals surface area contributed by atoms with E-state index < -0.39 is 0 Å². The highest BCUT2D eigenvalue weighted by Crippen LogP contribution is 2.31. The van der Waals surface area contributed by atoms with Gasteiger partial charge in [0.05, 0.1) is 5.56 Å². The SMILES string of the molecule is CC(C)c1ccc(OCC(=O)Nc2ccc3oc(-c4ccccc4Br)nc3c2)cc1. The zero-order valence-corrected chi connectivity index (χ0v) is 18.3. The number of carbonyl (C=O) groups excluding carboxylic acids is 1. The molecule has 4 aromatic rings. The highest BCUT2D eigenvalue weighted by atomic mass is 79.9. The number of halogens is 1. The first kappa shape index (κ1) is 20.2. The van der Waals surface area contributed by atoms with Crippen molar-refractivity contribution >= 4 is 38.6 Å². The van der Waals surface area contributed by atoms with E-state index >= 15 is 0 Å². The number of amides is 1. The van der Waals surface area contributed by atoms with E-state index in [4.69, 9.17) is 9.15 Å². The molecule has 1 heterocycles. The molecule has 0 aliphatic carbocycles. The van der Waals surface area contributed by atoms with Crippen molar-refractivity contribution in [2.24, 2.45) is 0 Å². The number of fused-ring (bicyclic) bond motifs is 1. The van der Waals surface area contributed by atoms with Crippen molar-refractivity contribution in [3.05, 3.63) is 76.8 Å². The molecule has 5 nitrogen and oxygen atoms in total. The predicted molar refractivity (Wildman–Crippen MR) is 122 cm³/mol. The lowest BCUT2D eigenvalue weighted by Gasteiger charge is -2.09. The Bertz CT molecular complexity index is 1180. The Morgan fingerprint density at radius 2 is 1.87 bits per heavy atom. The number of hydrogen-bond acceptors (Lipinski definition) is 4. The second-order valence-corrected chi connectivity index (χ2v) is 8.10. The number of rotatable bonds is 6. The molecule has 0 radical (unpaired) electrons. The molecule has 0 saturated heterocycles. The van der Waals surface area contributed by atoms with Gasteiger partial charge in [0, 0.05) is 10.2 Å². The summed E-state index contributed by atoms with van der Waals surface area (Å²) in [5.74, 6) is 1.41. The normalized spacial score (nSPS) is 11.1. The van der Waals surface area contributed by atoms with E-state index in [1.807, 2.05) is 48.5 Å². The summed E-state index contributed by atoms with van der Waals surface area (Å²) < 4.78 is 12.3. The quantitative estimate of drug-likeness (QED) is 0.358. The number of ether oxygens (including phenoxy) is 1. The Kier molecular flexibility index (Phi) is 5.86. The molecule has 0 aliphatic rings. The zero-order chi connectivity index (χ0) is 21.1. The highest BCUT2D eigenvalue weighted by Gasteiger charge is 2.12. The van der Waals surface area contributed by atoms with Gasteiger partial charge in [0.25, 0.3) is 5.91 Å². The molecule has 1 aromatic heterocycles. The minimum Gasteiger partial charge on any atom is -0.484 e. The maximum Gasteiger partial charge on any atom is 0.262 e. The van der Waals surface area contributed by atoms with E-state index in [0.29, 0.717) is 34.3 Å². The molecule has 3 aromatic carbocycles. The van der Waals surface area contributed by atoms with Gasteiger partial charge in [-0.25, -0.2) is 4.98 Å². The summed E-state index contributed by atoms with van der Waals surface area (Å²) >= 11 is 3.51. The fourth-order valence-corrected chi connectivity index (χ4v) is 3.50. The fourth-order valence-electron chi connectivity index (χ4n) is 3.05. The fraction of sp³-hybridized carbons (Fsp3) is 0.167. The lowest BCUT2D eigenvalue weighted by atomic mass is 10.0. The molecule has 0 atom stereocenters. The van der Waals surface area contributed by atoms with Gasteiger partial charge in [-0.3, -0.25) is 4.79 Å². The van der Waals surface area contributed by atoms with Crippen LogP contribution in [-0.4, -0.2) is 17.5 Å². The van der Waals surface area contributed by atoms with Crippen LogP contribution in [0.2, 0.25) is 0 Å². The summed E-state index contributed by atoms with van der Waals surface area (Å²) in [5.41, 5.74) is 4.06. The number of nitrogens with one attached hydrogen (secondary N) is 1. The van der Waals surface area contributed by atoms with Gasteiger partial charge in [-0.1, -0.05) is 38.1 Å². The molecule has 0 aliphatic heterocycles. The molecule has 1 N–H and O–H groups in total. The number of hydrogen-bond donors (Lipinski definition) is 1. The van der Waals surface area contributed by atoms with Crippen molar-refractivity contribution < 1.29 is 13.9 Å². The summed E-state index contributed by atoms with van der Waals surface area (Å²) in [4.78, 5) is 16.8. The largest absolute Gasteiger partial charge is 0.484 e. The van der Waals surface area contributed by atoms with Gasteiger partial charge in [-0.05, 0) is 69.9 Å². The van der Waals surface area contributed by atoms with E-state index in [1.54, 1.807) is 18.2 Å². The van der Waals surface area contributed by atoms with Crippen molar-refractivity contribution in [2.45, 2.75) is 19.8 Å². The number of anilines is 1. The van der Waals surface area contributed by atoms with Crippen LogP contribution in [0.3, 0.4) is 0 Å². The second kappa shape index (κ2) is 8.71. The molecule has 0 fully saturated rings. The van der Waals surface area contributed by atoms with E-state index in [-0.39, 0.29) is 12.5 Å². The average Bonchev–Trinajstić information content (AvgIpc) is 3.16. The second-order valence-electron chi connectivity index (χ2n) is 7.24. The lowest BCUT2D eigenvalue weighted by Crippen LogP contribution is -2.20. The number of carbonyl (C=O) groups is 1. The van der Waals surface area contributed by atoms with Crippen LogP contribution in [0.5, 0.6) is 5.75 Å². The molecular formula is C24H21BrN2O3. The summed E-state index contributed by atoms with van der Waals surface area (Å²) in [6.45, 7) is 4.20. The first-order valence-corrected chi connectivity index (χ1v) is 10.5. The van der Waals surface area contributed by atoms with Gasteiger partial charge < -0.3 is 14.5 Å². The number of nitrogens with zero attached hydrogens (tertiary/aromatic N) is 1. The number of benzene rings is 3. The molecule has 1 amide bonds. The highest BCUT2D eigenvalue weighted by molar-refractivity contribution is 9.10. The summed E-state index contributed by atoms with van der Waals surface area (Å²) in [6.07, 6.45) is 0. The summed E-state index contributed by atoms with van der Waals surface area (Å²) in [6, 6.07) is 20.9. The molecule has 0 saturated carbocycles. The van der Waals surface area contributed by atoms with Crippen molar-refractivity contribution in [3.63, 3.8) is 0 Å². The van der Waals surface area contributed by atoms with Crippen LogP contribution in [0.4, 0.5) is 5.69 Å². The van der Waals surface area contributed by atoms with Gasteiger partial charge in [0.1, 0.15) is 11.3 Å². The number of aromatic nitrogens is 1. The Hall–Kier alpha value is -3.12. The summed E-state index contributed by atoms with van der Waals surface area (Å²) in [5, 5.41) is 2.84. The van der Waals surface area contributed by atoms with Gasteiger partial charge in [0.15, 0.2) is 12.2 Å². The molecule has 0 spiro atoms. The molecule has 6 heteroatoms. The Labute approximate surface area is 183 Å². The van der Waals surface area contributed by atoms with Gasteiger partial charge in [-0.15, -0.1) is 0 Å². The Morgan fingerprint density at radius 1 is 1.10 bits per heavy atom. The standard InChI is InChI=1S/C24H21BrN2O3/c1-15(2)16-7-10-18(11-8-16)29-14-23(28)26-17-9-12-22-21(13-17)27-24(30-22)19-5-3-4-6-20(19)25/h3-13,15H,14H2,1-2H3,(H,26,28). The topological polar surface area (TPSA) is 64.4 Å². The van der Waals surface area contributed by atoms with Gasteiger partial charge >= 0.3 is 0 Å². The third-order valence-electron chi connectivity index (χ3n) is 4.69. The van der Waals surface area contributed by atoms with E-state index in [0.717, 1.165) is 10.0 Å². The first-order valence-electron chi connectivity index (χ1n) is 9.68. The van der Waals surface area contributed by atoms with Crippen LogP contribution >= 0.6 is 15.9 Å². The molecule has 0 bridgehead atoms. The van der Waals surface area contributed by atoms with Crippen molar-refractivity contribution in [3.8, 4) is 17.2 Å². The van der Waals surface area contributed by atoms with Crippen molar-refractivity contribution in [1.82, 2.24) is 4.98 Å². The van der Waals surface area contributed by atoms with Crippen LogP contribution in [0, 0.1) is 0 Å². The lowest BCUT2D eigenvalue weighted by molar-refractivity contribution is -0.118. The molecule has 152 valence electrons. The van der Waals surface area contributed by atoms with Crippen LogP contribution in [0.15, 0.2) is 75.6 Å². The molecule has 30 heavy (non-hydrogen) atoms. The van der Waals surface area contributed by atoms with Crippen LogP contribution in [0.25, 0.3) is 22.6 Å². The average molecular weight is 465 g/mol. The monoisotopic (exact) mass is 464 g/mol. The smallest absolute Gasteiger partial charge is 0.262 e. The Balaban J connectivity index is 1.42. The van der Waals surface area contributed by atoms with Crippen LogP contribution in [0.1, 0.15) is 25.3 Å². The van der Waals surface area contributed by atoms with Gasteiger partial charge in [0.2, 0.25) is 5.89 Å². The molecule has 0 unspecified atom stereocenters. The third kappa shape index (κ3) is 4.54. The van der Waals surface area contributed by atoms with E-state index in [1.165, 1.54) is 5.56 Å². The van der Waals surface area contributed by atoms with Gasteiger partial charge in [-0.2, -0.15) is 0 Å². The maximum absolute atomic E-state index is 12.3. The van der Waals surface area contributed by atoms with Crippen LogP contribution < -0.4 is 10.1 Å². The third-order valence-corrected chi connectivity index (χ3v) is 5.38. The van der Waals surface area contributed by atoms with Crippen LogP contribution in [-0.2, 0) is 4.79 Å². The van der Waals surface area contributed by atoms with E-state index in [2.05, 4.69) is 40.1 Å². The predicted octanol–water partition coefficient (Wildman–Crippen LogP) is 6.40. The number of oxazole rings is 1. The minimum absolute atomic E-state index is 0.0694. The van der Waals surface area contributed by atoms with Crippen molar-refractivity contribution in [2.75, 3.05) is 11.9 Å². The molecule has 4 rings (SSSR count). The molecular weight excluding hydrogens is 444 g/mol. The summed E-state index contributed by atoms with van der Waals surface area (Å²) in [7, 11) is 0.